The lowest BCUT2D eigenvalue weighted by molar-refractivity contribution is -0.117. The van der Waals surface area contributed by atoms with Gasteiger partial charge >= 0.3 is 0 Å². The summed E-state index contributed by atoms with van der Waals surface area (Å²) in [6.45, 7) is 0. The molecular formula is C29H20ClN5O2. The van der Waals surface area contributed by atoms with E-state index in [1.165, 1.54) is 0 Å². The van der Waals surface area contributed by atoms with Crippen LogP contribution >= 0.6 is 11.6 Å². The van der Waals surface area contributed by atoms with Crippen molar-refractivity contribution < 1.29 is 4.79 Å². The van der Waals surface area contributed by atoms with E-state index in [9.17, 15) is 9.59 Å². The smallest absolute Gasteiger partial charge is 0.253 e. The summed E-state index contributed by atoms with van der Waals surface area (Å²) in [5.74, 6) is -0.0656. The number of H-pyrrole nitrogens is 2. The summed E-state index contributed by atoms with van der Waals surface area (Å²) >= 11 is 6.56. The predicted molar refractivity (Wildman–Crippen MR) is 145 cm³/mol. The van der Waals surface area contributed by atoms with Crippen LogP contribution in [-0.4, -0.2) is 30.9 Å². The molecule has 6 aromatic rings. The van der Waals surface area contributed by atoms with Crippen molar-refractivity contribution in [3.8, 4) is 22.4 Å². The van der Waals surface area contributed by atoms with Crippen molar-refractivity contribution in [2.45, 2.75) is 12.8 Å². The van der Waals surface area contributed by atoms with E-state index in [0.29, 0.717) is 21.9 Å². The Morgan fingerprint density at radius 1 is 0.892 bits per heavy atom. The number of fused-ring (bicyclic) bond motifs is 2. The fraction of sp³-hybridized carbons (Fsp3) is 0.0690. The van der Waals surface area contributed by atoms with Gasteiger partial charge in [-0.25, -0.2) is 4.98 Å². The lowest BCUT2D eigenvalue weighted by Crippen LogP contribution is -2.18. The molecule has 0 atom stereocenters. The molecule has 0 aliphatic carbocycles. The van der Waals surface area contributed by atoms with E-state index >= 15 is 0 Å². The lowest BCUT2D eigenvalue weighted by atomic mass is 9.96. The Morgan fingerprint density at radius 2 is 1.76 bits per heavy atom. The summed E-state index contributed by atoms with van der Waals surface area (Å²) in [6.07, 6.45) is 5.28. The number of hydrogen-bond acceptors (Lipinski definition) is 5. The Morgan fingerprint density at radius 3 is 2.57 bits per heavy atom. The normalized spacial score (nSPS) is 11.3. The number of ketones is 1. The number of rotatable bonds is 6. The second-order valence-electron chi connectivity index (χ2n) is 8.86. The molecule has 0 radical (unpaired) electrons. The average molecular weight is 506 g/mol. The van der Waals surface area contributed by atoms with Crippen LogP contribution in [0.3, 0.4) is 0 Å². The molecule has 4 aromatic heterocycles. The van der Waals surface area contributed by atoms with Crippen molar-refractivity contribution in [1.29, 1.82) is 0 Å². The zero-order valence-corrected chi connectivity index (χ0v) is 20.3. The fourth-order valence-electron chi connectivity index (χ4n) is 4.52. The molecule has 0 fully saturated rings. The number of nitrogens with zero attached hydrogens (tertiary/aromatic N) is 3. The molecule has 2 N–H and O–H groups in total. The molecule has 0 saturated carbocycles. The molecule has 0 aliphatic heterocycles. The van der Waals surface area contributed by atoms with Gasteiger partial charge in [-0.05, 0) is 41.5 Å². The summed E-state index contributed by atoms with van der Waals surface area (Å²) in [6, 6.07) is 21.0. The van der Waals surface area contributed by atoms with Crippen LogP contribution in [-0.2, 0) is 17.6 Å². The van der Waals surface area contributed by atoms with E-state index in [0.717, 1.165) is 38.5 Å². The third kappa shape index (κ3) is 4.52. The number of pyridine rings is 3. The minimum Gasteiger partial charge on any atom is -0.306 e. The Labute approximate surface area is 216 Å². The van der Waals surface area contributed by atoms with Crippen LogP contribution in [0.4, 0.5) is 0 Å². The molecule has 37 heavy (non-hydrogen) atoms. The minimum absolute atomic E-state index is 0.0166. The molecule has 7 nitrogen and oxygen atoms in total. The highest BCUT2D eigenvalue weighted by Gasteiger charge is 2.16. The molecule has 0 spiro atoms. The maximum absolute atomic E-state index is 12.9. The molecule has 0 unspecified atom stereocenters. The first-order chi connectivity index (χ1) is 18.0. The van der Waals surface area contributed by atoms with Gasteiger partial charge < -0.3 is 4.98 Å². The van der Waals surface area contributed by atoms with Gasteiger partial charge in [0, 0.05) is 52.7 Å². The number of aromatic nitrogens is 5. The van der Waals surface area contributed by atoms with Crippen LogP contribution in [0.15, 0.2) is 90.1 Å². The van der Waals surface area contributed by atoms with Crippen LogP contribution < -0.4 is 5.56 Å². The van der Waals surface area contributed by atoms with Gasteiger partial charge in [0.25, 0.3) is 5.56 Å². The third-order valence-electron chi connectivity index (χ3n) is 6.28. The van der Waals surface area contributed by atoms with Gasteiger partial charge in [-0.3, -0.25) is 19.7 Å². The highest BCUT2D eigenvalue weighted by atomic mass is 35.5. The first-order valence-electron chi connectivity index (χ1n) is 11.7. The summed E-state index contributed by atoms with van der Waals surface area (Å²) in [7, 11) is 0. The van der Waals surface area contributed by atoms with Crippen LogP contribution in [0.1, 0.15) is 11.1 Å². The van der Waals surface area contributed by atoms with Crippen LogP contribution in [0.25, 0.3) is 44.3 Å². The summed E-state index contributed by atoms with van der Waals surface area (Å²) < 4.78 is 0. The SMILES string of the molecule is O=C(Cc1cccnc1)Cc1cc2cc(-c3cc(Cl)c4[nH]ncc4c3)c(-c3ccccc3)nc2[nH]c1=O. The van der Waals surface area contributed by atoms with Gasteiger partial charge in [-0.2, -0.15) is 5.10 Å². The number of aromatic amines is 2. The lowest BCUT2D eigenvalue weighted by Gasteiger charge is -2.13. The monoisotopic (exact) mass is 505 g/mol. The van der Waals surface area contributed by atoms with E-state index < -0.39 is 0 Å². The third-order valence-corrected chi connectivity index (χ3v) is 6.57. The number of carbonyl (C=O) groups is 1. The van der Waals surface area contributed by atoms with E-state index in [1.807, 2.05) is 54.6 Å². The Kier molecular flexibility index (Phi) is 5.82. The Balaban J connectivity index is 1.47. The van der Waals surface area contributed by atoms with E-state index in [4.69, 9.17) is 16.6 Å². The maximum atomic E-state index is 12.9. The van der Waals surface area contributed by atoms with Gasteiger partial charge in [-0.15, -0.1) is 0 Å². The fourth-order valence-corrected chi connectivity index (χ4v) is 4.79. The molecule has 2 aromatic carbocycles. The van der Waals surface area contributed by atoms with Crippen molar-refractivity contribution in [3.63, 3.8) is 0 Å². The number of carbonyl (C=O) groups excluding carboxylic acids is 1. The quantitative estimate of drug-likeness (QED) is 0.309. The Hall–Kier alpha value is -4.62. The molecule has 0 saturated heterocycles. The molecule has 0 aliphatic rings. The highest BCUT2D eigenvalue weighted by molar-refractivity contribution is 6.35. The molecule has 0 bridgehead atoms. The minimum atomic E-state index is -0.325. The number of benzene rings is 2. The topological polar surface area (TPSA) is 104 Å². The summed E-state index contributed by atoms with van der Waals surface area (Å²) in [5, 5.41) is 9.18. The predicted octanol–water partition coefficient (Wildman–Crippen LogP) is 5.54. The zero-order chi connectivity index (χ0) is 25.4. The number of hydrogen-bond donors (Lipinski definition) is 2. The van der Waals surface area contributed by atoms with Crippen molar-refractivity contribution in [2.24, 2.45) is 0 Å². The van der Waals surface area contributed by atoms with Crippen molar-refractivity contribution >= 4 is 39.3 Å². The molecule has 4 heterocycles. The van der Waals surface area contributed by atoms with Gasteiger partial charge in [0.05, 0.1) is 22.4 Å². The number of nitrogens with one attached hydrogen (secondary N) is 2. The van der Waals surface area contributed by atoms with Crippen molar-refractivity contribution in [1.82, 2.24) is 25.1 Å². The zero-order valence-electron chi connectivity index (χ0n) is 19.5. The van der Waals surface area contributed by atoms with Gasteiger partial charge in [0.2, 0.25) is 0 Å². The van der Waals surface area contributed by atoms with Crippen LogP contribution in [0, 0.1) is 0 Å². The number of Topliss-reactive ketones (excluding diaryl/α,β-unsaturated/α-hetero) is 1. The Bertz CT molecular complexity index is 1830. The second kappa shape index (κ2) is 9.44. The summed E-state index contributed by atoms with van der Waals surface area (Å²) in [5.41, 5.74) is 5.43. The standard InChI is InChI=1S/C29H20ClN5O2/c30-25-14-19(10-22-16-32-35-27(22)25)24-13-20-11-21(12-23(36)9-17-5-4-8-31-15-17)29(37)34-28(20)33-26(24)18-6-2-1-3-7-18/h1-8,10-11,13-16H,9,12H2,(H,32,35)(H,33,34,37). The van der Waals surface area contributed by atoms with Gasteiger partial charge in [-0.1, -0.05) is 48.0 Å². The largest absolute Gasteiger partial charge is 0.306 e. The van der Waals surface area contributed by atoms with Crippen LogP contribution in [0.2, 0.25) is 5.02 Å². The second-order valence-corrected chi connectivity index (χ2v) is 9.27. The van der Waals surface area contributed by atoms with E-state index in [-0.39, 0.29) is 24.2 Å². The van der Waals surface area contributed by atoms with Crippen molar-refractivity contribution in [2.75, 3.05) is 0 Å². The molecule has 6 rings (SSSR count). The van der Waals surface area contributed by atoms with Gasteiger partial charge in [0.1, 0.15) is 11.4 Å². The average Bonchev–Trinajstić information content (AvgIpc) is 3.39. The highest BCUT2D eigenvalue weighted by Crippen LogP contribution is 2.36. The number of halogens is 1. The molecule has 180 valence electrons. The first kappa shape index (κ1) is 22.8. The molecule has 0 amide bonds. The summed E-state index contributed by atoms with van der Waals surface area (Å²) in [4.78, 5) is 37.4. The van der Waals surface area contributed by atoms with E-state index in [1.54, 1.807) is 30.7 Å². The first-order valence-corrected chi connectivity index (χ1v) is 12.1. The van der Waals surface area contributed by atoms with E-state index in [2.05, 4.69) is 20.2 Å². The van der Waals surface area contributed by atoms with Crippen LogP contribution in [0.5, 0.6) is 0 Å². The van der Waals surface area contributed by atoms with Crippen molar-refractivity contribution in [3.05, 3.63) is 112 Å². The molecular weight excluding hydrogens is 486 g/mol. The van der Waals surface area contributed by atoms with Gasteiger partial charge in [0.15, 0.2) is 0 Å². The molecule has 8 heteroatoms. The maximum Gasteiger partial charge on any atom is 0.253 e.